The van der Waals surface area contributed by atoms with E-state index >= 15 is 0 Å². The first-order chi connectivity index (χ1) is 8.74. The number of rotatable bonds is 5. The van der Waals surface area contributed by atoms with Gasteiger partial charge in [0, 0.05) is 31.5 Å². The van der Waals surface area contributed by atoms with Gasteiger partial charge in [-0.05, 0) is 34.1 Å². The molecule has 1 rings (SSSR count). The van der Waals surface area contributed by atoms with E-state index in [0.29, 0.717) is 0 Å². The Kier molecular flexibility index (Phi) is 5.45. The first kappa shape index (κ1) is 16.1. The van der Waals surface area contributed by atoms with Crippen molar-refractivity contribution in [2.75, 3.05) is 20.6 Å². The number of amides is 1. The highest BCUT2D eigenvalue weighted by Gasteiger charge is 2.18. The highest BCUT2D eigenvalue weighted by Crippen LogP contribution is 2.22. The average Bonchev–Trinajstić information content (AvgIpc) is 2.27. The summed E-state index contributed by atoms with van der Waals surface area (Å²) < 4.78 is 39.2. The number of halogens is 2. The maximum atomic E-state index is 12.9. The smallest absolute Gasteiger partial charge is 0.241 e. The minimum Gasteiger partial charge on any atom is -0.349 e. The van der Waals surface area contributed by atoms with Gasteiger partial charge in [-0.2, -0.15) is 0 Å². The maximum Gasteiger partial charge on any atom is 0.241 e. The van der Waals surface area contributed by atoms with Gasteiger partial charge in [0.2, 0.25) is 15.9 Å². The Balaban J connectivity index is 2.74. The van der Waals surface area contributed by atoms with Crippen molar-refractivity contribution in [2.45, 2.75) is 11.3 Å². The molecule has 0 aliphatic heterocycles. The number of nitrogens with zero attached hydrogens (tertiary/aromatic N) is 1. The second-order valence-corrected chi connectivity index (χ2v) is 6.60. The molecule has 0 atom stereocenters. The fourth-order valence-electron chi connectivity index (χ4n) is 1.29. The lowest BCUT2D eigenvalue weighted by Gasteiger charge is -2.11. The summed E-state index contributed by atoms with van der Waals surface area (Å²) in [6.07, 6.45) is 0.0606. The van der Waals surface area contributed by atoms with Crippen LogP contribution < -0.4 is 4.72 Å². The van der Waals surface area contributed by atoms with Gasteiger partial charge < -0.3 is 4.90 Å². The third kappa shape index (κ3) is 4.55. The highest BCUT2D eigenvalue weighted by molar-refractivity contribution is 9.10. The van der Waals surface area contributed by atoms with Crippen molar-refractivity contribution in [1.29, 1.82) is 0 Å². The van der Waals surface area contributed by atoms with E-state index in [0.717, 1.165) is 18.2 Å². The lowest BCUT2D eigenvalue weighted by Crippen LogP contribution is -2.30. The molecule has 5 nitrogen and oxygen atoms in total. The number of hydrogen-bond donors (Lipinski definition) is 1. The van der Waals surface area contributed by atoms with Crippen LogP contribution >= 0.6 is 15.9 Å². The predicted molar refractivity (Wildman–Crippen MR) is 72.6 cm³/mol. The lowest BCUT2D eigenvalue weighted by molar-refractivity contribution is -0.128. The fourth-order valence-corrected chi connectivity index (χ4v) is 3.37. The van der Waals surface area contributed by atoms with E-state index < -0.39 is 15.8 Å². The van der Waals surface area contributed by atoms with E-state index in [4.69, 9.17) is 0 Å². The van der Waals surface area contributed by atoms with Crippen LogP contribution in [-0.4, -0.2) is 39.9 Å². The van der Waals surface area contributed by atoms with Gasteiger partial charge in [0.05, 0.1) is 4.90 Å². The zero-order valence-corrected chi connectivity index (χ0v) is 12.9. The third-order valence-corrected chi connectivity index (χ3v) is 4.75. The minimum absolute atomic E-state index is 0.0108. The van der Waals surface area contributed by atoms with Crippen molar-refractivity contribution >= 4 is 31.9 Å². The molecule has 0 heterocycles. The number of sulfonamides is 1. The second-order valence-electron chi connectivity index (χ2n) is 4.01. The lowest BCUT2D eigenvalue weighted by atomic mass is 10.3. The van der Waals surface area contributed by atoms with Gasteiger partial charge in [0.25, 0.3) is 0 Å². The van der Waals surface area contributed by atoms with Crippen LogP contribution in [0.1, 0.15) is 6.42 Å². The Bertz CT molecular complexity index is 575. The summed E-state index contributed by atoms with van der Waals surface area (Å²) in [4.78, 5) is 12.6. The number of nitrogens with one attached hydrogen (secondary N) is 1. The van der Waals surface area contributed by atoms with Crippen LogP contribution in [0.2, 0.25) is 0 Å². The van der Waals surface area contributed by atoms with Crippen LogP contribution in [0.5, 0.6) is 0 Å². The zero-order valence-electron chi connectivity index (χ0n) is 10.5. The standard InChI is InChI=1S/C11H14BrFN2O3S/c1-15(2)11(16)5-6-14-19(17,18)10-4-3-8(13)7-9(10)12/h3-4,7,14H,5-6H2,1-2H3. The van der Waals surface area contributed by atoms with Gasteiger partial charge in [-0.25, -0.2) is 17.5 Å². The first-order valence-electron chi connectivity index (χ1n) is 5.39. The SMILES string of the molecule is CN(C)C(=O)CCNS(=O)(=O)c1ccc(F)cc1Br. The van der Waals surface area contributed by atoms with E-state index in [1.54, 1.807) is 14.1 Å². The van der Waals surface area contributed by atoms with Gasteiger partial charge in [0.15, 0.2) is 0 Å². The predicted octanol–water partition coefficient (Wildman–Crippen LogP) is 1.34. The topological polar surface area (TPSA) is 66.5 Å². The van der Waals surface area contributed by atoms with E-state index in [1.807, 2.05) is 0 Å². The van der Waals surface area contributed by atoms with E-state index in [2.05, 4.69) is 20.7 Å². The Labute approximate surface area is 120 Å². The number of hydrogen-bond acceptors (Lipinski definition) is 3. The molecule has 1 aromatic carbocycles. The molecule has 0 saturated carbocycles. The molecule has 106 valence electrons. The molecule has 0 aliphatic carbocycles. The molecule has 0 aliphatic rings. The van der Waals surface area contributed by atoms with Crippen molar-refractivity contribution in [3.8, 4) is 0 Å². The van der Waals surface area contributed by atoms with Crippen molar-refractivity contribution in [3.05, 3.63) is 28.5 Å². The van der Waals surface area contributed by atoms with E-state index in [-0.39, 0.29) is 28.2 Å². The van der Waals surface area contributed by atoms with Crippen molar-refractivity contribution in [1.82, 2.24) is 9.62 Å². The normalized spacial score (nSPS) is 11.4. The van der Waals surface area contributed by atoms with E-state index in [1.165, 1.54) is 4.90 Å². The summed E-state index contributed by atoms with van der Waals surface area (Å²) in [7, 11) is -0.582. The van der Waals surface area contributed by atoms with Crippen molar-refractivity contribution < 1.29 is 17.6 Å². The summed E-state index contributed by atoms with van der Waals surface area (Å²) in [6, 6.07) is 3.29. The van der Waals surface area contributed by atoms with Crippen molar-refractivity contribution in [2.24, 2.45) is 0 Å². The molecular formula is C11H14BrFN2O3S. The molecular weight excluding hydrogens is 339 g/mol. The number of carbonyl (C=O) groups excluding carboxylic acids is 1. The molecule has 0 spiro atoms. The van der Waals surface area contributed by atoms with Crippen molar-refractivity contribution in [3.63, 3.8) is 0 Å². The summed E-state index contributed by atoms with van der Waals surface area (Å²) in [5.41, 5.74) is 0. The molecule has 1 N–H and O–H groups in total. The summed E-state index contributed by atoms with van der Waals surface area (Å²) in [6.45, 7) is -0.0108. The molecule has 0 fully saturated rings. The van der Waals surface area contributed by atoms with Gasteiger partial charge in [0.1, 0.15) is 5.82 Å². The zero-order chi connectivity index (χ0) is 14.6. The minimum atomic E-state index is -3.76. The van der Waals surface area contributed by atoms with Gasteiger partial charge in [-0.15, -0.1) is 0 Å². The summed E-state index contributed by atoms with van der Waals surface area (Å²) in [5.74, 6) is -0.713. The Morgan fingerprint density at radius 3 is 2.58 bits per heavy atom. The van der Waals surface area contributed by atoms with Crippen LogP contribution in [0.3, 0.4) is 0 Å². The summed E-state index contributed by atoms with van der Waals surface area (Å²) >= 11 is 2.99. The molecule has 0 saturated heterocycles. The second kappa shape index (κ2) is 6.44. The van der Waals surface area contributed by atoms with Gasteiger partial charge >= 0.3 is 0 Å². The number of benzene rings is 1. The average molecular weight is 353 g/mol. The third-order valence-electron chi connectivity index (χ3n) is 2.31. The molecule has 0 aromatic heterocycles. The molecule has 0 unspecified atom stereocenters. The largest absolute Gasteiger partial charge is 0.349 e. The van der Waals surface area contributed by atoms with Crippen LogP contribution in [0.15, 0.2) is 27.6 Å². The van der Waals surface area contributed by atoms with E-state index in [9.17, 15) is 17.6 Å². The van der Waals surface area contributed by atoms with Crippen LogP contribution in [0, 0.1) is 5.82 Å². The van der Waals surface area contributed by atoms with Crippen LogP contribution in [-0.2, 0) is 14.8 Å². The monoisotopic (exact) mass is 352 g/mol. The molecule has 19 heavy (non-hydrogen) atoms. The highest BCUT2D eigenvalue weighted by atomic mass is 79.9. The quantitative estimate of drug-likeness (QED) is 0.869. The molecule has 8 heteroatoms. The van der Waals surface area contributed by atoms with Crippen LogP contribution in [0.4, 0.5) is 4.39 Å². The summed E-state index contributed by atoms with van der Waals surface area (Å²) in [5, 5.41) is 0. The Morgan fingerprint density at radius 1 is 1.42 bits per heavy atom. The molecule has 0 bridgehead atoms. The molecule has 1 aromatic rings. The first-order valence-corrected chi connectivity index (χ1v) is 7.66. The van der Waals surface area contributed by atoms with Gasteiger partial charge in [-0.1, -0.05) is 0 Å². The fraction of sp³-hybridized carbons (Fsp3) is 0.364. The number of carbonyl (C=O) groups is 1. The van der Waals surface area contributed by atoms with Gasteiger partial charge in [-0.3, -0.25) is 4.79 Å². The molecule has 1 amide bonds. The van der Waals surface area contributed by atoms with Crippen LogP contribution in [0.25, 0.3) is 0 Å². The Morgan fingerprint density at radius 2 is 2.05 bits per heavy atom. The Hall–Kier alpha value is -0.990. The maximum absolute atomic E-state index is 12.9. The molecule has 0 radical (unpaired) electrons.